The molecule has 1 fully saturated rings. The normalized spacial score (nSPS) is 26.8. The summed E-state index contributed by atoms with van der Waals surface area (Å²) in [6.07, 6.45) is 10.5. The van der Waals surface area contributed by atoms with Gasteiger partial charge in [0.2, 0.25) is 0 Å². The lowest BCUT2D eigenvalue weighted by Crippen LogP contribution is -2.20. The van der Waals surface area contributed by atoms with E-state index < -0.39 is 0 Å². The van der Waals surface area contributed by atoms with Crippen LogP contribution in [-0.2, 0) is 6.54 Å². The fourth-order valence-electron chi connectivity index (χ4n) is 2.70. The predicted octanol–water partition coefficient (Wildman–Crippen LogP) is 2.48. The average Bonchev–Trinajstić information content (AvgIpc) is 2.77. The van der Waals surface area contributed by atoms with Gasteiger partial charge in [-0.15, -0.1) is 0 Å². The summed E-state index contributed by atoms with van der Waals surface area (Å²) in [5.41, 5.74) is 6.89. The Kier molecular flexibility index (Phi) is 3.41. The summed E-state index contributed by atoms with van der Waals surface area (Å²) >= 11 is 0. The maximum absolute atomic E-state index is 5.71. The number of nitrogens with zero attached hydrogens (tertiary/aromatic N) is 2. The quantitative estimate of drug-likeness (QED) is 0.827. The smallest absolute Gasteiger partial charge is 0.0951 e. The van der Waals surface area contributed by atoms with E-state index in [1.807, 2.05) is 12.5 Å². The van der Waals surface area contributed by atoms with Crippen molar-refractivity contribution in [3.8, 4) is 0 Å². The molecule has 0 spiro atoms. The molecule has 0 radical (unpaired) electrons. The molecule has 1 heterocycles. The summed E-state index contributed by atoms with van der Waals surface area (Å²) in [6, 6.07) is 0.643. The number of rotatable bonds is 3. The fourth-order valence-corrected chi connectivity index (χ4v) is 2.70. The van der Waals surface area contributed by atoms with Gasteiger partial charge in [-0.3, -0.25) is 0 Å². The van der Waals surface area contributed by atoms with Gasteiger partial charge in [0.25, 0.3) is 0 Å². The van der Waals surface area contributed by atoms with Crippen molar-refractivity contribution in [1.29, 1.82) is 0 Å². The lowest BCUT2D eigenvalue weighted by molar-refractivity contribution is 0.258. The molecule has 1 aromatic heterocycles. The van der Waals surface area contributed by atoms with Gasteiger partial charge in [0.1, 0.15) is 0 Å². The molecule has 1 aliphatic rings. The Morgan fingerprint density at radius 3 is 3.13 bits per heavy atom. The van der Waals surface area contributed by atoms with Crippen molar-refractivity contribution < 1.29 is 0 Å². The summed E-state index contributed by atoms with van der Waals surface area (Å²) in [5.74, 6) is 0.900. The summed E-state index contributed by atoms with van der Waals surface area (Å²) in [4.78, 5) is 4.20. The van der Waals surface area contributed by atoms with Gasteiger partial charge in [-0.2, -0.15) is 0 Å². The largest absolute Gasteiger partial charge is 0.330 e. The zero-order chi connectivity index (χ0) is 10.7. The first kappa shape index (κ1) is 10.7. The Bertz CT molecular complexity index is 306. The molecule has 3 nitrogen and oxygen atoms in total. The fraction of sp³-hybridized carbons (Fsp3) is 0.750. The van der Waals surface area contributed by atoms with Crippen molar-refractivity contribution in [2.45, 2.75) is 51.6 Å². The van der Waals surface area contributed by atoms with Crippen molar-refractivity contribution in [3.05, 3.63) is 18.2 Å². The van der Waals surface area contributed by atoms with E-state index >= 15 is 0 Å². The monoisotopic (exact) mass is 207 g/mol. The molecule has 2 unspecified atom stereocenters. The van der Waals surface area contributed by atoms with Crippen molar-refractivity contribution in [1.82, 2.24) is 9.55 Å². The van der Waals surface area contributed by atoms with E-state index in [1.165, 1.54) is 37.8 Å². The topological polar surface area (TPSA) is 43.8 Å². The molecular weight excluding hydrogens is 186 g/mol. The summed E-state index contributed by atoms with van der Waals surface area (Å²) in [7, 11) is 0. The molecule has 2 rings (SSSR count). The van der Waals surface area contributed by atoms with Gasteiger partial charge in [-0.1, -0.05) is 26.2 Å². The van der Waals surface area contributed by atoms with E-state index in [-0.39, 0.29) is 0 Å². The molecule has 1 saturated carbocycles. The zero-order valence-corrected chi connectivity index (χ0v) is 9.52. The maximum Gasteiger partial charge on any atom is 0.0951 e. The van der Waals surface area contributed by atoms with Crippen LogP contribution in [0.15, 0.2) is 12.5 Å². The van der Waals surface area contributed by atoms with Crippen LogP contribution in [-0.4, -0.2) is 9.55 Å². The minimum atomic E-state index is 0.604. The van der Waals surface area contributed by atoms with Crippen molar-refractivity contribution >= 4 is 0 Å². The van der Waals surface area contributed by atoms with E-state index in [9.17, 15) is 0 Å². The highest BCUT2D eigenvalue weighted by Gasteiger charge is 2.22. The Balaban J connectivity index is 2.09. The molecule has 3 heteroatoms. The van der Waals surface area contributed by atoms with E-state index in [2.05, 4.69) is 16.5 Å². The van der Waals surface area contributed by atoms with Crippen LogP contribution < -0.4 is 5.73 Å². The van der Waals surface area contributed by atoms with Gasteiger partial charge in [-0.25, -0.2) is 4.98 Å². The first-order valence-electron chi connectivity index (χ1n) is 6.06. The van der Waals surface area contributed by atoms with Gasteiger partial charge in [0.15, 0.2) is 0 Å². The second-order valence-corrected chi connectivity index (χ2v) is 4.59. The molecule has 15 heavy (non-hydrogen) atoms. The first-order chi connectivity index (χ1) is 7.35. The molecule has 0 saturated heterocycles. The Labute approximate surface area is 91.7 Å². The minimum Gasteiger partial charge on any atom is -0.330 e. The predicted molar refractivity (Wildman–Crippen MR) is 61.4 cm³/mol. The average molecular weight is 207 g/mol. The van der Waals surface area contributed by atoms with Crippen LogP contribution in [0.1, 0.15) is 50.8 Å². The van der Waals surface area contributed by atoms with Crippen molar-refractivity contribution in [3.63, 3.8) is 0 Å². The van der Waals surface area contributed by atoms with Crippen LogP contribution >= 0.6 is 0 Å². The van der Waals surface area contributed by atoms with Gasteiger partial charge in [0, 0.05) is 18.8 Å². The van der Waals surface area contributed by atoms with Crippen LogP contribution in [0.2, 0.25) is 0 Å². The van der Waals surface area contributed by atoms with Gasteiger partial charge in [-0.05, 0) is 18.8 Å². The molecule has 0 aromatic carbocycles. The highest BCUT2D eigenvalue weighted by atomic mass is 15.1. The number of hydrogen-bond acceptors (Lipinski definition) is 2. The van der Waals surface area contributed by atoms with E-state index in [0.717, 1.165) is 5.92 Å². The lowest BCUT2D eigenvalue weighted by Gasteiger charge is -2.30. The van der Waals surface area contributed by atoms with Gasteiger partial charge < -0.3 is 10.3 Å². The Morgan fingerprint density at radius 1 is 1.53 bits per heavy atom. The summed E-state index contributed by atoms with van der Waals surface area (Å²) in [5, 5.41) is 0. The highest BCUT2D eigenvalue weighted by molar-refractivity contribution is 5.00. The minimum absolute atomic E-state index is 0.604. The molecule has 2 atom stereocenters. The van der Waals surface area contributed by atoms with Crippen LogP contribution in [0.4, 0.5) is 0 Å². The molecule has 2 N–H and O–H groups in total. The molecule has 84 valence electrons. The second kappa shape index (κ2) is 4.79. The SMILES string of the molecule is CCC1CCCC(n2cncc2CN)C1. The first-order valence-corrected chi connectivity index (χ1v) is 6.06. The standard InChI is InChI=1S/C12H21N3/c1-2-10-4-3-5-11(6-10)15-9-14-8-12(15)7-13/h8-11H,2-7,13H2,1H3. The van der Waals surface area contributed by atoms with E-state index in [4.69, 9.17) is 5.73 Å². The molecule has 0 amide bonds. The maximum atomic E-state index is 5.71. The molecule has 0 bridgehead atoms. The highest BCUT2D eigenvalue weighted by Crippen LogP contribution is 2.34. The second-order valence-electron chi connectivity index (χ2n) is 4.59. The lowest BCUT2D eigenvalue weighted by atomic mass is 9.84. The third kappa shape index (κ3) is 2.23. The number of aromatic nitrogens is 2. The van der Waals surface area contributed by atoms with Gasteiger partial charge >= 0.3 is 0 Å². The van der Waals surface area contributed by atoms with E-state index in [1.54, 1.807) is 0 Å². The number of imidazole rings is 1. The molecule has 1 aliphatic carbocycles. The van der Waals surface area contributed by atoms with Crippen LogP contribution in [0.25, 0.3) is 0 Å². The van der Waals surface area contributed by atoms with Crippen LogP contribution in [0, 0.1) is 5.92 Å². The number of hydrogen-bond donors (Lipinski definition) is 1. The van der Waals surface area contributed by atoms with Crippen molar-refractivity contribution in [2.24, 2.45) is 11.7 Å². The molecule has 0 aliphatic heterocycles. The van der Waals surface area contributed by atoms with Crippen LogP contribution in [0.3, 0.4) is 0 Å². The molecular formula is C12H21N3. The third-order valence-electron chi connectivity index (χ3n) is 3.68. The Hall–Kier alpha value is -0.830. The van der Waals surface area contributed by atoms with E-state index in [0.29, 0.717) is 12.6 Å². The number of nitrogens with two attached hydrogens (primary N) is 1. The summed E-state index contributed by atoms with van der Waals surface area (Å²) < 4.78 is 2.29. The molecule has 1 aromatic rings. The van der Waals surface area contributed by atoms with Crippen LogP contribution in [0.5, 0.6) is 0 Å². The zero-order valence-electron chi connectivity index (χ0n) is 9.52. The summed E-state index contributed by atoms with van der Waals surface area (Å²) in [6.45, 7) is 2.90. The van der Waals surface area contributed by atoms with Gasteiger partial charge in [0.05, 0.1) is 12.0 Å². The third-order valence-corrected chi connectivity index (χ3v) is 3.68. The Morgan fingerprint density at radius 2 is 2.40 bits per heavy atom. The van der Waals surface area contributed by atoms with Crippen molar-refractivity contribution in [2.75, 3.05) is 0 Å².